The summed E-state index contributed by atoms with van der Waals surface area (Å²) in [6.07, 6.45) is 0. The van der Waals surface area contributed by atoms with Crippen molar-refractivity contribution in [3.63, 3.8) is 0 Å². The van der Waals surface area contributed by atoms with Gasteiger partial charge >= 0.3 is 0 Å². The maximum Gasteiger partial charge on any atom is 0.261 e. The lowest BCUT2D eigenvalue weighted by molar-refractivity contribution is 0.0642. The molecule has 1 fully saturated rings. The fourth-order valence-corrected chi connectivity index (χ4v) is 4.72. The summed E-state index contributed by atoms with van der Waals surface area (Å²) in [6.45, 7) is 6.31. The Hall–Kier alpha value is -4.17. The van der Waals surface area contributed by atoms with Crippen molar-refractivity contribution in [2.45, 2.75) is 13.5 Å². The average Bonchev–Trinajstić information content (AvgIpc) is 3.15. The van der Waals surface area contributed by atoms with Crippen LogP contribution < -0.4 is 15.0 Å². The number of piperazine rings is 1. The smallest absolute Gasteiger partial charge is 0.261 e. The van der Waals surface area contributed by atoms with Crippen molar-refractivity contribution >= 4 is 29.1 Å². The van der Waals surface area contributed by atoms with Crippen molar-refractivity contribution in [3.05, 3.63) is 89.0 Å². The minimum absolute atomic E-state index is 0.0682. The lowest BCUT2D eigenvalue weighted by atomic mass is 10.1. The van der Waals surface area contributed by atoms with E-state index in [9.17, 15) is 14.4 Å². The molecular formula is C29H30N4O4. The van der Waals surface area contributed by atoms with Gasteiger partial charge in [0.2, 0.25) is 0 Å². The van der Waals surface area contributed by atoms with Crippen molar-refractivity contribution in [2.24, 2.45) is 0 Å². The number of hydrogen-bond acceptors (Lipinski definition) is 6. The van der Waals surface area contributed by atoms with Crippen LogP contribution in [-0.4, -0.2) is 67.4 Å². The van der Waals surface area contributed by atoms with E-state index in [1.807, 2.05) is 31.2 Å². The molecule has 8 nitrogen and oxygen atoms in total. The van der Waals surface area contributed by atoms with Crippen molar-refractivity contribution in [2.75, 3.05) is 50.1 Å². The van der Waals surface area contributed by atoms with Gasteiger partial charge in [0, 0.05) is 37.6 Å². The van der Waals surface area contributed by atoms with Gasteiger partial charge in [-0.15, -0.1) is 0 Å². The molecule has 5 rings (SSSR count). The van der Waals surface area contributed by atoms with Gasteiger partial charge in [0.05, 0.1) is 29.8 Å². The molecule has 0 spiro atoms. The highest BCUT2D eigenvalue weighted by Crippen LogP contribution is 2.27. The molecule has 1 N–H and O–H groups in total. The van der Waals surface area contributed by atoms with Crippen LogP contribution in [0.3, 0.4) is 0 Å². The Morgan fingerprint density at radius 3 is 2.16 bits per heavy atom. The van der Waals surface area contributed by atoms with Gasteiger partial charge in [-0.25, -0.2) is 0 Å². The SMILES string of the molecule is CCOc1ccc(CN2C(=O)c3ccccc3C2=O)cc1C(=O)Nc1ccc(N2CCN(C)CC2)cc1. The number of fused-ring (bicyclic) bond motifs is 1. The van der Waals surface area contributed by atoms with E-state index in [0.29, 0.717) is 40.3 Å². The second kappa shape index (κ2) is 10.4. The molecule has 2 aliphatic heterocycles. The summed E-state index contributed by atoms with van der Waals surface area (Å²) < 4.78 is 5.70. The zero-order chi connectivity index (χ0) is 25.9. The minimum atomic E-state index is -0.332. The number of nitrogens with zero attached hydrogens (tertiary/aromatic N) is 3. The Kier molecular flexibility index (Phi) is 6.92. The predicted octanol–water partition coefficient (Wildman–Crippen LogP) is 3.89. The minimum Gasteiger partial charge on any atom is -0.493 e. The number of rotatable bonds is 7. The number of benzene rings is 3. The summed E-state index contributed by atoms with van der Waals surface area (Å²) in [6, 6.07) is 19.8. The third-order valence-corrected chi connectivity index (χ3v) is 6.80. The highest BCUT2D eigenvalue weighted by Gasteiger charge is 2.35. The molecule has 2 heterocycles. The Labute approximate surface area is 216 Å². The molecule has 37 heavy (non-hydrogen) atoms. The first kappa shape index (κ1) is 24.5. The Balaban J connectivity index is 1.32. The lowest BCUT2D eigenvalue weighted by Gasteiger charge is -2.34. The van der Waals surface area contributed by atoms with Gasteiger partial charge in [0.15, 0.2) is 0 Å². The van der Waals surface area contributed by atoms with Gasteiger partial charge < -0.3 is 19.9 Å². The molecule has 8 heteroatoms. The fraction of sp³-hybridized carbons (Fsp3) is 0.276. The quantitative estimate of drug-likeness (QED) is 0.498. The number of anilines is 2. The second-order valence-corrected chi connectivity index (χ2v) is 9.30. The van der Waals surface area contributed by atoms with Crippen molar-refractivity contribution in [1.29, 1.82) is 0 Å². The van der Waals surface area contributed by atoms with Crippen LogP contribution in [-0.2, 0) is 6.54 Å². The monoisotopic (exact) mass is 498 g/mol. The predicted molar refractivity (Wildman–Crippen MR) is 142 cm³/mol. The van der Waals surface area contributed by atoms with E-state index >= 15 is 0 Å². The van der Waals surface area contributed by atoms with Gasteiger partial charge in [0.25, 0.3) is 17.7 Å². The molecule has 190 valence electrons. The topological polar surface area (TPSA) is 82.2 Å². The van der Waals surface area contributed by atoms with E-state index < -0.39 is 0 Å². The Bertz CT molecular complexity index is 1290. The molecule has 0 radical (unpaired) electrons. The molecule has 0 bridgehead atoms. The first-order chi connectivity index (χ1) is 17.9. The molecule has 2 aliphatic rings. The average molecular weight is 499 g/mol. The molecule has 3 aromatic rings. The summed E-state index contributed by atoms with van der Waals surface area (Å²) >= 11 is 0. The van der Waals surface area contributed by atoms with E-state index in [2.05, 4.69) is 22.2 Å². The van der Waals surface area contributed by atoms with Crippen LogP contribution in [0.4, 0.5) is 11.4 Å². The Morgan fingerprint density at radius 1 is 0.892 bits per heavy atom. The van der Waals surface area contributed by atoms with Crippen LogP contribution in [0.2, 0.25) is 0 Å². The summed E-state index contributed by atoms with van der Waals surface area (Å²) in [5.74, 6) is -0.540. The third-order valence-electron chi connectivity index (χ3n) is 6.80. The number of nitrogens with one attached hydrogen (secondary N) is 1. The van der Waals surface area contributed by atoms with Gasteiger partial charge in [-0.05, 0) is 68.1 Å². The first-order valence-corrected chi connectivity index (χ1v) is 12.5. The van der Waals surface area contributed by atoms with Crippen LogP contribution in [0.15, 0.2) is 66.7 Å². The summed E-state index contributed by atoms with van der Waals surface area (Å²) in [5.41, 5.74) is 3.61. The van der Waals surface area contributed by atoms with Crippen molar-refractivity contribution in [1.82, 2.24) is 9.80 Å². The number of likely N-dealkylation sites (N-methyl/N-ethyl adjacent to an activating group) is 1. The largest absolute Gasteiger partial charge is 0.493 e. The zero-order valence-electron chi connectivity index (χ0n) is 21.1. The third kappa shape index (κ3) is 5.06. The summed E-state index contributed by atoms with van der Waals surface area (Å²) in [7, 11) is 2.13. The summed E-state index contributed by atoms with van der Waals surface area (Å²) in [4.78, 5) is 44.7. The second-order valence-electron chi connectivity index (χ2n) is 9.30. The normalized spacial score (nSPS) is 15.6. The number of hydrogen-bond donors (Lipinski definition) is 1. The fourth-order valence-electron chi connectivity index (χ4n) is 4.72. The molecule has 0 atom stereocenters. The van der Waals surface area contributed by atoms with Gasteiger partial charge in [-0.1, -0.05) is 18.2 Å². The van der Waals surface area contributed by atoms with E-state index in [1.54, 1.807) is 42.5 Å². The van der Waals surface area contributed by atoms with E-state index in [0.717, 1.165) is 31.9 Å². The number of imide groups is 1. The van der Waals surface area contributed by atoms with Gasteiger partial charge in [-0.3, -0.25) is 19.3 Å². The number of amides is 3. The Morgan fingerprint density at radius 2 is 1.54 bits per heavy atom. The first-order valence-electron chi connectivity index (χ1n) is 12.5. The van der Waals surface area contributed by atoms with Crippen LogP contribution in [0.1, 0.15) is 43.6 Å². The molecule has 0 aromatic heterocycles. The van der Waals surface area contributed by atoms with Crippen molar-refractivity contribution < 1.29 is 19.1 Å². The van der Waals surface area contributed by atoms with E-state index in [4.69, 9.17) is 4.74 Å². The summed E-state index contributed by atoms with van der Waals surface area (Å²) in [5, 5.41) is 2.95. The van der Waals surface area contributed by atoms with Crippen LogP contribution in [0, 0.1) is 0 Å². The van der Waals surface area contributed by atoms with Crippen LogP contribution in [0.5, 0.6) is 5.75 Å². The van der Waals surface area contributed by atoms with E-state index in [-0.39, 0.29) is 24.3 Å². The molecule has 3 amide bonds. The molecule has 0 unspecified atom stereocenters. The highest BCUT2D eigenvalue weighted by atomic mass is 16.5. The molecule has 0 aliphatic carbocycles. The van der Waals surface area contributed by atoms with Gasteiger partial charge in [0.1, 0.15) is 5.75 Å². The van der Waals surface area contributed by atoms with Crippen molar-refractivity contribution in [3.8, 4) is 5.75 Å². The molecule has 1 saturated heterocycles. The lowest BCUT2D eigenvalue weighted by Crippen LogP contribution is -2.44. The number of carbonyl (C=O) groups excluding carboxylic acids is 3. The van der Waals surface area contributed by atoms with E-state index in [1.165, 1.54) is 4.90 Å². The van der Waals surface area contributed by atoms with Crippen LogP contribution >= 0.6 is 0 Å². The molecule has 0 saturated carbocycles. The van der Waals surface area contributed by atoms with Crippen LogP contribution in [0.25, 0.3) is 0 Å². The maximum atomic E-state index is 13.3. The van der Waals surface area contributed by atoms with Gasteiger partial charge in [-0.2, -0.15) is 0 Å². The molecular weight excluding hydrogens is 468 g/mol. The zero-order valence-corrected chi connectivity index (χ0v) is 21.1. The number of carbonyl (C=O) groups is 3. The molecule has 3 aromatic carbocycles. The number of ether oxygens (including phenoxy) is 1. The maximum absolute atomic E-state index is 13.3. The standard InChI is InChI=1S/C29H30N4O4/c1-3-37-26-13-8-20(19-33-28(35)23-6-4-5-7-24(23)29(33)36)18-25(26)27(34)30-21-9-11-22(12-10-21)32-16-14-31(2)15-17-32/h4-13,18H,3,14-17,19H2,1-2H3,(H,30,34). The highest BCUT2D eigenvalue weighted by molar-refractivity contribution is 6.21.